The molecular formula is C20H29N3O2S. The van der Waals surface area contributed by atoms with Crippen LogP contribution in [-0.4, -0.2) is 35.1 Å². The summed E-state index contributed by atoms with van der Waals surface area (Å²) in [6, 6.07) is 11.7. The van der Waals surface area contributed by atoms with Crippen molar-refractivity contribution < 1.29 is 8.42 Å². The van der Waals surface area contributed by atoms with Gasteiger partial charge in [-0.15, -0.1) is 0 Å². The zero-order valence-electron chi connectivity index (χ0n) is 15.9. The summed E-state index contributed by atoms with van der Waals surface area (Å²) >= 11 is 0. The lowest BCUT2D eigenvalue weighted by atomic mass is 10.1. The number of hydrogen-bond acceptors (Lipinski definition) is 3. The van der Waals surface area contributed by atoms with Crippen LogP contribution in [0.5, 0.6) is 0 Å². The van der Waals surface area contributed by atoms with E-state index in [1.165, 1.54) is 0 Å². The van der Waals surface area contributed by atoms with E-state index >= 15 is 0 Å². The third-order valence-corrected chi connectivity index (χ3v) is 6.22. The lowest BCUT2D eigenvalue weighted by Gasteiger charge is -2.30. The molecule has 142 valence electrons. The Morgan fingerprint density at radius 3 is 2.19 bits per heavy atom. The Bertz CT molecular complexity index is 773. The second-order valence-electron chi connectivity index (χ2n) is 6.46. The number of aryl methyl sites for hydroxylation is 1. The van der Waals surface area contributed by atoms with E-state index in [-0.39, 0.29) is 0 Å². The van der Waals surface area contributed by atoms with Gasteiger partial charge in [0.15, 0.2) is 0 Å². The second-order valence-corrected chi connectivity index (χ2v) is 8.39. The van der Waals surface area contributed by atoms with Crippen molar-refractivity contribution >= 4 is 10.2 Å². The Morgan fingerprint density at radius 2 is 1.62 bits per heavy atom. The standard InChI is InChI=1S/C20H29N3O2S/c1-4-13-22(14-5-2)26(24,25)23(16-19-10-8-12-21-15-19)17-20-11-7-6-9-18(20)3/h6-12,15H,4-5,13-14,16-17H2,1-3H3. The predicted octanol–water partition coefficient (Wildman–Crippen LogP) is 3.76. The maximum absolute atomic E-state index is 13.4. The molecule has 1 aromatic carbocycles. The minimum absolute atomic E-state index is 0.314. The molecule has 5 nitrogen and oxygen atoms in total. The summed E-state index contributed by atoms with van der Waals surface area (Å²) in [6.45, 7) is 7.76. The lowest BCUT2D eigenvalue weighted by molar-refractivity contribution is 0.326. The Kier molecular flexibility index (Phi) is 7.75. The van der Waals surface area contributed by atoms with E-state index in [0.29, 0.717) is 26.2 Å². The lowest BCUT2D eigenvalue weighted by Crippen LogP contribution is -2.44. The normalized spacial score (nSPS) is 12.0. The molecule has 26 heavy (non-hydrogen) atoms. The number of hydrogen-bond donors (Lipinski definition) is 0. The summed E-state index contributed by atoms with van der Waals surface area (Å²) < 4.78 is 29.9. The molecule has 0 unspecified atom stereocenters. The van der Waals surface area contributed by atoms with Gasteiger partial charge in [0.05, 0.1) is 0 Å². The van der Waals surface area contributed by atoms with Crippen molar-refractivity contribution in [2.24, 2.45) is 0 Å². The molecule has 1 aromatic heterocycles. The number of rotatable bonds is 10. The van der Waals surface area contributed by atoms with Crippen LogP contribution in [0.15, 0.2) is 48.8 Å². The Hall–Kier alpha value is -1.76. The molecule has 2 aromatic rings. The van der Waals surface area contributed by atoms with Crippen LogP contribution in [0.2, 0.25) is 0 Å². The fraction of sp³-hybridized carbons (Fsp3) is 0.450. The minimum atomic E-state index is -3.56. The fourth-order valence-corrected chi connectivity index (χ4v) is 4.66. The number of benzene rings is 1. The first-order valence-electron chi connectivity index (χ1n) is 9.17. The maximum Gasteiger partial charge on any atom is 0.282 e. The first kappa shape index (κ1) is 20.6. The minimum Gasteiger partial charge on any atom is -0.264 e. The van der Waals surface area contributed by atoms with Gasteiger partial charge >= 0.3 is 0 Å². The molecule has 2 rings (SSSR count). The Labute approximate surface area is 157 Å². The predicted molar refractivity (Wildman–Crippen MR) is 106 cm³/mol. The monoisotopic (exact) mass is 375 g/mol. The molecule has 0 saturated heterocycles. The SMILES string of the molecule is CCCN(CCC)S(=O)(=O)N(Cc1cccnc1)Cc1ccccc1C. The molecule has 0 fully saturated rings. The number of aromatic nitrogens is 1. The van der Waals surface area contributed by atoms with Gasteiger partial charge < -0.3 is 0 Å². The molecule has 1 heterocycles. The van der Waals surface area contributed by atoms with Crippen LogP contribution >= 0.6 is 0 Å². The highest BCUT2D eigenvalue weighted by molar-refractivity contribution is 7.86. The summed E-state index contributed by atoms with van der Waals surface area (Å²) in [7, 11) is -3.56. The largest absolute Gasteiger partial charge is 0.282 e. The number of nitrogens with zero attached hydrogens (tertiary/aromatic N) is 3. The third-order valence-electron chi connectivity index (χ3n) is 4.29. The van der Waals surface area contributed by atoms with Crippen LogP contribution in [0.25, 0.3) is 0 Å². The van der Waals surface area contributed by atoms with Gasteiger partial charge in [0, 0.05) is 38.6 Å². The molecule has 0 aliphatic heterocycles. The molecule has 0 saturated carbocycles. The topological polar surface area (TPSA) is 53.5 Å². The van der Waals surface area contributed by atoms with Crippen molar-refractivity contribution in [3.05, 3.63) is 65.5 Å². The molecule has 0 aliphatic rings. The molecule has 0 amide bonds. The average molecular weight is 376 g/mol. The molecule has 6 heteroatoms. The molecule has 0 bridgehead atoms. The van der Waals surface area contributed by atoms with E-state index in [1.807, 2.05) is 57.2 Å². The average Bonchev–Trinajstić information content (AvgIpc) is 2.63. The molecule has 0 N–H and O–H groups in total. The first-order valence-corrected chi connectivity index (χ1v) is 10.6. The Morgan fingerprint density at radius 1 is 0.923 bits per heavy atom. The quantitative estimate of drug-likeness (QED) is 0.635. The van der Waals surface area contributed by atoms with Crippen molar-refractivity contribution in [3.8, 4) is 0 Å². The first-order chi connectivity index (χ1) is 12.5. The van der Waals surface area contributed by atoms with Crippen molar-refractivity contribution in [3.63, 3.8) is 0 Å². The fourth-order valence-electron chi connectivity index (χ4n) is 2.90. The van der Waals surface area contributed by atoms with E-state index < -0.39 is 10.2 Å². The molecule has 0 atom stereocenters. The van der Waals surface area contributed by atoms with Crippen LogP contribution in [0.3, 0.4) is 0 Å². The van der Waals surface area contributed by atoms with Crippen molar-refractivity contribution in [2.45, 2.75) is 46.7 Å². The summed E-state index contributed by atoms with van der Waals surface area (Å²) in [4.78, 5) is 4.13. The van der Waals surface area contributed by atoms with E-state index in [4.69, 9.17) is 0 Å². The molecular weight excluding hydrogens is 346 g/mol. The van der Waals surface area contributed by atoms with Gasteiger partial charge in [-0.1, -0.05) is 44.2 Å². The summed E-state index contributed by atoms with van der Waals surface area (Å²) in [5.41, 5.74) is 3.00. The van der Waals surface area contributed by atoms with Gasteiger partial charge in [0.2, 0.25) is 0 Å². The van der Waals surface area contributed by atoms with E-state index in [1.54, 1.807) is 21.0 Å². The van der Waals surface area contributed by atoms with Crippen LogP contribution < -0.4 is 0 Å². The Balaban J connectivity index is 2.36. The zero-order chi connectivity index (χ0) is 19.0. The van der Waals surface area contributed by atoms with E-state index in [0.717, 1.165) is 29.5 Å². The van der Waals surface area contributed by atoms with Crippen LogP contribution in [0.4, 0.5) is 0 Å². The molecule has 0 spiro atoms. The summed E-state index contributed by atoms with van der Waals surface area (Å²) in [5, 5.41) is 0. The smallest absolute Gasteiger partial charge is 0.264 e. The van der Waals surface area contributed by atoms with Crippen molar-refractivity contribution in [2.75, 3.05) is 13.1 Å². The highest BCUT2D eigenvalue weighted by atomic mass is 32.2. The molecule has 0 radical (unpaired) electrons. The van der Waals surface area contributed by atoms with E-state index in [9.17, 15) is 8.42 Å². The number of pyridine rings is 1. The second kappa shape index (κ2) is 9.80. The van der Waals surface area contributed by atoms with Gasteiger partial charge in [-0.3, -0.25) is 4.98 Å². The van der Waals surface area contributed by atoms with Gasteiger partial charge in [-0.05, 0) is 42.5 Å². The highest BCUT2D eigenvalue weighted by Crippen LogP contribution is 2.19. The van der Waals surface area contributed by atoms with Gasteiger partial charge in [-0.2, -0.15) is 17.0 Å². The van der Waals surface area contributed by atoms with Crippen LogP contribution in [0, 0.1) is 6.92 Å². The van der Waals surface area contributed by atoms with Crippen LogP contribution in [-0.2, 0) is 23.3 Å². The van der Waals surface area contributed by atoms with Crippen LogP contribution in [0.1, 0.15) is 43.4 Å². The van der Waals surface area contributed by atoms with Crippen molar-refractivity contribution in [1.82, 2.24) is 13.6 Å². The highest BCUT2D eigenvalue weighted by Gasteiger charge is 2.29. The molecule has 0 aliphatic carbocycles. The van der Waals surface area contributed by atoms with E-state index in [2.05, 4.69) is 4.98 Å². The van der Waals surface area contributed by atoms with Gasteiger partial charge in [0.1, 0.15) is 0 Å². The van der Waals surface area contributed by atoms with Crippen molar-refractivity contribution in [1.29, 1.82) is 0 Å². The van der Waals surface area contributed by atoms with Gasteiger partial charge in [0.25, 0.3) is 10.2 Å². The third kappa shape index (κ3) is 5.37. The summed E-state index contributed by atoms with van der Waals surface area (Å²) in [6.07, 6.45) is 5.02. The van der Waals surface area contributed by atoms with Gasteiger partial charge in [-0.25, -0.2) is 0 Å². The maximum atomic E-state index is 13.4. The summed E-state index contributed by atoms with van der Waals surface area (Å²) in [5.74, 6) is 0. The zero-order valence-corrected chi connectivity index (χ0v) is 16.7.